The summed E-state index contributed by atoms with van der Waals surface area (Å²) in [7, 11) is 0. The first-order valence-electron chi connectivity index (χ1n) is 15.3. The van der Waals surface area contributed by atoms with Crippen molar-refractivity contribution in [1.29, 1.82) is 0 Å². The van der Waals surface area contributed by atoms with Gasteiger partial charge in [-0.05, 0) is 71.6 Å². The number of benzene rings is 3. The van der Waals surface area contributed by atoms with Crippen molar-refractivity contribution in [2.75, 3.05) is 4.90 Å². The summed E-state index contributed by atoms with van der Waals surface area (Å²) >= 11 is 6.47. The van der Waals surface area contributed by atoms with Crippen molar-refractivity contribution in [2.24, 2.45) is 40.6 Å². The van der Waals surface area contributed by atoms with Crippen LogP contribution in [0, 0.1) is 42.4 Å². The molecule has 0 unspecified atom stereocenters. The third kappa shape index (κ3) is 3.05. The Kier molecular flexibility index (Phi) is 5.25. The number of fused-ring (bicyclic) bond motifs is 1. The van der Waals surface area contributed by atoms with Gasteiger partial charge in [-0.3, -0.25) is 19.2 Å². The van der Waals surface area contributed by atoms with E-state index in [0.717, 1.165) is 45.7 Å². The highest BCUT2D eigenvalue weighted by Gasteiger charge is 2.68. The summed E-state index contributed by atoms with van der Waals surface area (Å²) in [6.07, 6.45) is 7.59. The monoisotopic (exact) mass is 601 g/mol. The lowest BCUT2D eigenvalue weighted by Crippen LogP contribution is -2.55. The maximum atomic E-state index is 14.6. The first-order chi connectivity index (χ1) is 21.3. The van der Waals surface area contributed by atoms with Gasteiger partial charge in [-0.1, -0.05) is 78.4 Å². The molecule has 0 N–H and O–H groups in total. The molecule has 2 aliphatic heterocycles. The fourth-order valence-corrected chi connectivity index (χ4v) is 9.52. The minimum absolute atomic E-state index is 0.0414. The van der Waals surface area contributed by atoms with Crippen molar-refractivity contribution in [2.45, 2.75) is 31.1 Å². The molecule has 3 aromatic carbocycles. The van der Waals surface area contributed by atoms with E-state index in [1.54, 1.807) is 18.3 Å². The summed E-state index contributed by atoms with van der Waals surface area (Å²) in [5.41, 5.74) is 3.77. The predicted octanol–water partition coefficient (Wildman–Crippen LogP) is 5.38. The lowest BCUT2D eigenvalue weighted by atomic mass is 9.47. The van der Waals surface area contributed by atoms with Gasteiger partial charge in [0.05, 0.1) is 34.8 Å². The molecule has 0 radical (unpaired) electrons. The highest BCUT2D eigenvalue weighted by atomic mass is 35.5. The van der Waals surface area contributed by atoms with Crippen LogP contribution in [0.15, 0.2) is 84.0 Å². The third-order valence-electron chi connectivity index (χ3n) is 11.2. The van der Waals surface area contributed by atoms with Gasteiger partial charge in [-0.25, -0.2) is 4.90 Å². The van der Waals surface area contributed by atoms with Crippen molar-refractivity contribution in [3.63, 3.8) is 0 Å². The van der Waals surface area contributed by atoms with E-state index >= 15 is 0 Å². The average Bonchev–Trinajstić information content (AvgIpc) is 3.48. The Morgan fingerprint density at radius 1 is 0.773 bits per heavy atom. The number of imide groups is 2. The summed E-state index contributed by atoms with van der Waals surface area (Å²) in [5.74, 6) is -3.72. The normalized spacial score (nSPS) is 34.2. The van der Waals surface area contributed by atoms with Gasteiger partial charge >= 0.3 is 0 Å². The fourth-order valence-electron chi connectivity index (χ4n) is 9.35. The number of halogens is 1. The molecule has 44 heavy (non-hydrogen) atoms. The number of carbonyl (C=O) groups is 4. The number of carbonyl (C=O) groups excluding carboxylic acids is 4. The molecule has 6 atom stereocenters. The molecule has 0 spiro atoms. The molecule has 8 aliphatic rings. The van der Waals surface area contributed by atoms with Gasteiger partial charge in [0.2, 0.25) is 11.8 Å². The lowest BCUT2D eigenvalue weighted by Gasteiger charge is -2.52. The number of rotatable bonds is 3. The van der Waals surface area contributed by atoms with Crippen LogP contribution >= 0.6 is 11.6 Å². The number of hydrogen-bond donors (Lipinski definition) is 0. The molecular weight excluding hydrogens is 574 g/mol. The Morgan fingerprint density at radius 2 is 1.36 bits per heavy atom. The van der Waals surface area contributed by atoms with Crippen LogP contribution in [-0.2, 0) is 24.6 Å². The molecule has 6 aliphatic carbocycles. The van der Waals surface area contributed by atoms with E-state index in [4.69, 9.17) is 16.7 Å². The smallest absolute Gasteiger partial charge is 0.254 e. The van der Waals surface area contributed by atoms with E-state index in [1.165, 1.54) is 4.90 Å². The maximum absolute atomic E-state index is 14.6. The maximum Gasteiger partial charge on any atom is 0.254 e. The first-order valence-corrected chi connectivity index (χ1v) is 15.6. The molecule has 4 amide bonds. The summed E-state index contributed by atoms with van der Waals surface area (Å²) in [6, 6.07) is 21.0. The number of hydrogen-bond acceptors (Lipinski definition) is 5. The zero-order chi connectivity index (χ0) is 30.1. The largest absolute Gasteiger partial charge is 0.274 e. The molecular formula is C36H28ClN3O4. The molecule has 3 aromatic rings. The molecule has 218 valence electrons. The van der Waals surface area contributed by atoms with Crippen LogP contribution in [0.25, 0.3) is 0 Å². The van der Waals surface area contributed by atoms with Gasteiger partial charge in [0.25, 0.3) is 11.8 Å². The van der Waals surface area contributed by atoms with Crippen LogP contribution in [0.3, 0.4) is 0 Å². The summed E-state index contributed by atoms with van der Waals surface area (Å²) < 4.78 is 0. The number of anilines is 1. The fraction of sp³-hybridized carbons (Fsp3) is 0.306. The van der Waals surface area contributed by atoms with Crippen LogP contribution in [-0.4, -0.2) is 34.9 Å². The molecule has 2 saturated heterocycles. The molecule has 1 saturated carbocycles. The topological polar surface area (TPSA) is 87.1 Å². The SMILES string of the molecule is Cc1ccc(N2C(=O)[C@@H]3C4c5ccccc5C(/C=N\N5C(=O)[C@@H]6[C@H](C5=O)[C@H]5C=C[C@H]6CC5)(c5ccccc54)[C@H]3C2=O)cc1Cl. The van der Waals surface area contributed by atoms with E-state index in [9.17, 15) is 19.2 Å². The van der Waals surface area contributed by atoms with Crippen LogP contribution < -0.4 is 4.90 Å². The second kappa shape index (κ2) is 8.85. The van der Waals surface area contributed by atoms with E-state index < -0.39 is 29.1 Å². The molecule has 11 rings (SSSR count). The Balaban J connectivity index is 1.24. The Bertz CT molecular complexity index is 1830. The molecule has 2 heterocycles. The van der Waals surface area contributed by atoms with Gasteiger partial charge in [-0.2, -0.15) is 10.1 Å². The van der Waals surface area contributed by atoms with Crippen LogP contribution in [0.5, 0.6) is 0 Å². The van der Waals surface area contributed by atoms with Gasteiger partial charge < -0.3 is 0 Å². The second-order valence-electron chi connectivity index (χ2n) is 13.0. The van der Waals surface area contributed by atoms with Gasteiger partial charge in [0.1, 0.15) is 0 Å². The third-order valence-corrected chi connectivity index (χ3v) is 11.6. The Morgan fingerprint density at radius 3 is 1.93 bits per heavy atom. The predicted molar refractivity (Wildman–Crippen MR) is 164 cm³/mol. The summed E-state index contributed by atoms with van der Waals surface area (Å²) in [6.45, 7) is 1.87. The molecule has 7 nitrogen and oxygen atoms in total. The highest BCUT2D eigenvalue weighted by Crippen LogP contribution is 2.64. The van der Waals surface area contributed by atoms with E-state index in [1.807, 2.05) is 61.5 Å². The van der Waals surface area contributed by atoms with Crippen LogP contribution in [0.4, 0.5) is 5.69 Å². The van der Waals surface area contributed by atoms with E-state index in [2.05, 4.69) is 12.2 Å². The number of nitrogens with zero attached hydrogens (tertiary/aromatic N) is 3. The molecule has 4 bridgehead atoms. The zero-order valence-corrected chi connectivity index (χ0v) is 24.6. The summed E-state index contributed by atoms with van der Waals surface area (Å²) in [4.78, 5) is 57.8. The number of hydrazone groups is 1. The van der Waals surface area contributed by atoms with Gasteiger partial charge in [0.15, 0.2) is 0 Å². The van der Waals surface area contributed by atoms with Crippen LogP contribution in [0.1, 0.15) is 46.6 Å². The zero-order valence-electron chi connectivity index (χ0n) is 23.9. The standard InChI is InChI=1S/C36H28ClN3O4/c1-18-10-15-21(16-26(18)37)39-32(41)30-29-22-6-2-4-8-24(22)36(31(30)35(39)44,25-9-5-3-7-23(25)29)17-38-40-33(42)27-19-11-12-20(14-13-19)28(27)34(40)43/h2-12,15-17,19-20,27-31H,13-14H2,1H3/b38-17-/t19-,20-,27-,28+,29?,30+,31+,36?/m0/s1. The molecule has 3 fully saturated rings. The quantitative estimate of drug-likeness (QED) is 0.229. The van der Waals surface area contributed by atoms with Gasteiger partial charge in [0, 0.05) is 17.2 Å². The molecule has 8 heteroatoms. The number of allylic oxidation sites excluding steroid dienone is 2. The first kappa shape index (κ1) is 26.1. The highest BCUT2D eigenvalue weighted by molar-refractivity contribution is 6.32. The van der Waals surface area contributed by atoms with Crippen molar-refractivity contribution in [3.8, 4) is 0 Å². The summed E-state index contributed by atoms with van der Waals surface area (Å²) in [5, 5.41) is 6.25. The van der Waals surface area contributed by atoms with Crippen LogP contribution in [0.2, 0.25) is 5.02 Å². The minimum Gasteiger partial charge on any atom is -0.274 e. The van der Waals surface area contributed by atoms with E-state index in [-0.39, 0.29) is 41.4 Å². The Hall–Kier alpha value is -4.36. The molecule has 0 aromatic heterocycles. The Labute approximate surface area is 259 Å². The van der Waals surface area contributed by atoms with Crippen molar-refractivity contribution in [3.05, 3.63) is 112 Å². The van der Waals surface area contributed by atoms with Crippen molar-refractivity contribution in [1.82, 2.24) is 5.01 Å². The van der Waals surface area contributed by atoms with Gasteiger partial charge in [-0.15, -0.1) is 0 Å². The number of amides is 4. The number of aryl methyl sites for hydroxylation is 1. The lowest BCUT2D eigenvalue weighted by molar-refractivity contribution is -0.140. The van der Waals surface area contributed by atoms with Crippen molar-refractivity contribution < 1.29 is 19.2 Å². The minimum atomic E-state index is -1.17. The van der Waals surface area contributed by atoms with E-state index in [0.29, 0.717) is 10.7 Å². The second-order valence-corrected chi connectivity index (χ2v) is 13.5. The van der Waals surface area contributed by atoms with Crippen molar-refractivity contribution >= 4 is 47.1 Å². The average molecular weight is 602 g/mol.